The fourth-order valence-corrected chi connectivity index (χ4v) is 2.73. The number of hydrogen-bond acceptors (Lipinski definition) is 3. The van der Waals surface area contributed by atoms with Crippen LogP contribution in [0.25, 0.3) is 0 Å². The first-order valence-corrected chi connectivity index (χ1v) is 7.10. The first-order chi connectivity index (χ1) is 9.07. The van der Waals surface area contributed by atoms with Gasteiger partial charge in [0.05, 0.1) is 16.8 Å². The molecular formula is C14H20ClN3O. The minimum absolute atomic E-state index is 0.0782. The van der Waals surface area contributed by atoms with E-state index in [-0.39, 0.29) is 11.3 Å². The zero-order valence-electron chi connectivity index (χ0n) is 11.4. The van der Waals surface area contributed by atoms with Gasteiger partial charge < -0.3 is 10.6 Å². The van der Waals surface area contributed by atoms with E-state index in [1.165, 1.54) is 0 Å². The lowest BCUT2D eigenvalue weighted by molar-refractivity contribution is -0.126. The maximum atomic E-state index is 12.5. The summed E-state index contributed by atoms with van der Waals surface area (Å²) in [5, 5.41) is 6.76. The Morgan fingerprint density at radius 2 is 2.37 bits per heavy atom. The number of rotatable bonds is 3. The molecule has 2 N–H and O–H groups in total. The molecule has 0 radical (unpaired) electrons. The van der Waals surface area contributed by atoms with Crippen LogP contribution in [0, 0.1) is 12.3 Å². The van der Waals surface area contributed by atoms with E-state index in [2.05, 4.69) is 22.5 Å². The summed E-state index contributed by atoms with van der Waals surface area (Å²) < 4.78 is 0. The third kappa shape index (κ3) is 3.07. The van der Waals surface area contributed by atoms with Crippen molar-refractivity contribution in [2.24, 2.45) is 5.41 Å². The summed E-state index contributed by atoms with van der Waals surface area (Å²) >= 11 is 5.82. The monoisotopic (exact) mass is 281 g/mol. The first kappa shape index (κ1) is 14.3. The van der Waals surface area contributed by atoms with Crippen molar-refractivity contribution in [2.75, 3.05) is 18.4 Å². The van der Waals surface area contributed by atoms with Gasteiger partial charge in [-0.1, -0.05) is 18.5 Å². The number of nitrogens with one attached hydrogen (secondary N) is 2. The van der Waals surface area contributed by atoms with Crippen LogP contribution >= 0.6 is 11.6 Å². The van der Waals surface area contributed by atoms with Crippen LogP contribution in [-0.4, -0.2) is 24.0 Å². The van der Waals surface area contributed by atoms with E-state index in [1.807, 2.05) is 13.0 Å². The van der Waals surface area contributed by atoms with Crippen molar-refractivity contribution in [3.05, 3.63) is 23.0 Å². The van der Waals surface area contributed by atoms with Crippen LogP contribution in [0.15, 0.2) is 12.1 Å². The van der Waals surface area contributed by atoms with Gasteiger partial charge in [-0.15, -0.1) is 0 Å². The van der Waals surface area contributed by atoms with Crippen LogP contribution < -0.4 is 10.6 Å². The molecule has 1 saturated heterocycles. The summed E-state index contributed by atoms with van der Waals surface area (Å²) in [6, 6.07) is 3.50. The summed E-state index contributed by atoms with van der Waals surface area (Å²) in [5.74, 6) is 0.0782. The second-order valence-corrected chi connectivity index (χ2v) is 5.52. The molecule has 104 valence electrons. The van der Waals surface area contributed by atoms with E-state index >= 15 is 0 Å². The van der Waals surface area contributed by atoms with E-state index in [0.717, 1.165) is 43.7 Å². The van der Waals surface area contributed by atoms with Crippen LogP contribution in [0.4, 0.5) is 5.69 Å². The van der Waals surface area contributed by atoms with E-state index in [9.17, 15) is 4.79 Å². The molecule has 0 saturated carbocycles. The van der Waals surface area contributed by atoms with Gasteiger partial charge in [-0.25, -0.2) is 4.98 Å². The van der Waals surface area contributed by atoms with Crippen molar-refractivity contribution in [1.82, 2.24) is 10.3 Å². The highest BCUT2D eigenvalue weighted by Gasteiger charge is 2.37. The molecule has 1 atom stereocenters. The van der Waals surface area contributed by atoms with Gasteiger partial charge in [0.2, 0.25) is 5.91 Å². The molecule has 0 aromatic carbocycles. The van der Waals surface area contributed by atoms with Crippen LogP contribution in [-0.2, 0) is 4.79 Å². The van der Waals surface area contributed by atoms with Crippen molar-refractivity contribution in [1.29, 1.82) is 0 Å². The van der Waals surface area contributed by atoms with Crippen molar-refractivity contribution < 1.29 is 4.79 Å². The standard InChI is InChI=1S/C14H20ClN3O/c1-3-14(7-4-8-16-9-14)13(19)18-11-5-6-12(15)17-10(11)2/h5-6,16H,3-4,7-9H2,1-2H3,(H,18,19). The average Bonchev–Trinajstić information content (AvgIpc) is 2.42. The summed E-state index contributed by atoms with van der Waals surface area (Å²) in [6.07, 6.45) is 2.81. The van der Waals surface area contributed by atoms with Crippen LogP contribution in [0.2, 0.25) is 5.15 Å². The van der Waals surface area contributed by atoms with E-state index < -0.39 is 0 Å². The van der Waals surface area contributed by atoms with Gasteiger partial charge in [0.15, 0.2) is 0 Å². The average molecular weight is 282 g/mol. The molecule has 0 bridgehead atoms. The Labute approximate surface area is 118 Å². The Morgan fingerprint density at radius 1 is 1.58 bits per heavy atom. The number of piperidine rings is 1. The summed E-state index contributed by atoms with van der Waals surface area (Å²) in [7, 11) is 0. The predicted octanol–water partition coefficient (Wildman–Crippen LogP) is 2.76. The number of nitrogens with zero attached hydrogens (tertiary/aromatic N) is 1. The molecule has 0 aliphatic carbocycles. The summed E-state index contributed by atoms with van der Waals surface area (Å²) in [5.41, 5.74) is 1.19. The molecule has 1 aromatic rings. The molecular weight excluding hydrogens is 262 g/mol. The topological polar surface area (TPSA) is 54.0 Å². The highest BCUT2D eigenvalue weighted by atomic mass is 35.5. The predicted molar refractivity (Wildman–Crippen MR) is 77.4 cm³/mol. The van der Waals surface area contributed by atoms with Gasteiger partial charge in [0, 0.05) is 6.54 Å². The van der Waals surface area contributed by atoms with Crippen molar-refractivity contribution in [3.8, 4) is 0 Å². The second kappa shape index (κ2) is 5.88. The smallest absolute Gasteiger partial charge is 0.231 e. The Hall–Kier alpha value is -1.13. The second-order valence-electron chi connectivity index (χ2n) is 5.14. The quantitative estimate of drug-likeness (QED) is 0.838. The molecule has 2 heterocycles. The van der Waals surface area contributed by atoms with Gasteiger partial charge in [-0.05, 0) is 44.9 Å². The highest BCUT2D eigenvalue weighted by molar-refractivity contribution is 6.29. The number of aryl methyl sites for hydroxylation is 1. The van der Waals surface area contributed by atoms with E-state index in [4.69, 9.17) is 11.6 Å². The number of aromatic nitrogens is 1. The van der Waals surface area contributed by atoms with Gasteiger partial charge in [-0.3, -0.25) is 4.79 Å². The van der Waals surface area contributed by atoms with Crippen LogP contribution in [0.3, 0.4) is 0 Å². The van der Waals surface area contributed by atoms with E-state index in [1.54, 1.807) is 6.07 Å². The fraction of sp³-hybridized carbons (Fsp3) is 0.571. The number of amides is 1. The maximum Gasteiger partial charge on any atom is 0.231 e. The van der Waals surface area contributed by atoms with Gasteiger partial charge in [0.1, 0.15) is 5.15 Å². The zero-order chi connectivity index (χ0) is 13.9. The van der Waals surface area contributed by atoms with Crippen molar-refractivity contribution >= 4 is 23.2 Å². The molecule has 0 spiro atoms. The minimum atomic E-state index is -0.301. The Balaban J connectivity index is 2.15. The molecule has 1 unspecified atom stereocenters. The summed E-state index contributed by atoms with van der Waals surface area (Å²) in [6.45, 7) is 5.66. The number of carbonyl (C=O) groups is 1. The number of hydrogen-bond donors (Lipinski definition) is 2. The van der Waals surface area contributed by atoms with Crippen molar-refractivity contribution in [3.63, 3.8) is 0 Å². The Kier molecular flexibility index (Phi) is 4.42. The molecule has 4 nitrogen and oxygen atoms in total. The number of pyridine rings is 1. The Bertz CT molecular complexity index is 470. The largest absolute Gasteiger partial charge is 0.324 e. The third-order valence-corrected chi connectivity index (χ3v) is 4.14. The third-order valence-electron chi connectivity index (χ3n) is 3.93. The normalized spacial score (nSPS) is 23.1. The number of anilines is 1. The number of halogens is 1. The molecule has 1 fully saturated rings. The highest BCUT2D eigenvalue weighted by Crippen LogP contribution is 2.32. The van der Waals surface area contributed by atoms with Crippen molar-refractivity contribution in [2.45, 2.75) is 33.1 Å². The lowest BCUT2D eigenvalue weighted by Gasteiger charge is -2.35. The van der Waals surface area contributed by atoms with Gasteiger partial charge in [-0.2, -0.15) is 0 Å². The maximum absolute atomic E-state index is 12.5. The molecule has 1 aliphatic rings. The molecule has 2 rings (SSSR count). The van der Waals surface area contributed by atoms with Gasteiger partial charge >= 0.3 is 0 Å². The lowest BCUT2D eigenvalue weighted by atomic mass is 9.77. The van der Waals surface area contributed by atoms with E-state index in [0.29, 0.717) is 5.15 Å². The van der Waals surface area contributed by atoms with Crippen LogP contribution in [0.5, 0.6) is 0 Å². The lowest BCUT2D eigenvalue weighted by Crippen LogP contribution is -2.47. The minimum Gasteiger partial charge on any atom is -0.324 e. The summed E-state index contributed by atoms with van der Waals surface area (Å²) in [4.78, 5) is 16.7. The fourth-order valence-electron chi connectivity index (χ4n) is 2.54. The van der Waals surface area contributed by atoms with Gasteiger partial charge in [0.25, 0.3) is 0 Å². The molecule has 1 amide bonds. The first-order valence-electron chi connectivity index (χ1n) is 6.73. The molecule has 5 heteroatoms. The Morgan fingerprint density at radius 3 is 2.95 bits per heavy atom. The molecule has 1 aromatic heterocycles. The SMILES string of the molecule is CCC1(C(=O)Nc2ccc(Cl)nc2C)CCCNC1. The zero-order valence-corrected chi connectivity index (χ0v) is 12.2. The molecule has 19 heavy (non-hydrogen) atoms. The van der Waals surface area contributed by atoms with Crippen LogP contribution in [0.1, 0.15) is 31.9 Å². The molecule has 1 aliphatic heterocycles. The number of carbonyl (C=O) groups excluding carboxylic acids is 1.